The van der Waals surface area contributed by atoms with E-state index in [1.165, 1.54) is 0 Å². The molecule has 0 spiro atoms. The Hall–Kier alpha value is -0.780. The van der Waals surface area contributed by atoms with E-state index in [-0.39, 0.29) is 0 Å². The molecule has 0 saturated heterocycles. The van der Waals surface area contributed by atoms with E-state index in [0.717, 1.165) is 12.8 Å². The van der Waals surface area contributed by atoms with Gasteiger partial charge >= 0.3 is 0 Å². The predicted octanol–water partition coefficient (Wildman–Crippen LogP) is 3.48. The van der Waals surface area contributed by atoms with Crippen molar-refractivity contribution in [2.45, 2.75) is 26.7 Å². The Morgan fingerprint density at radius 1 is 0.700 bits per heavy atom. The second kappa shape index (κ2) is 8.22. The lowest BCUT2D eigenvalue weighted by Crippen LogP contribution is -1.53. The molecule has 0 heterocycles. The Bertz CT molecular complexity index is 111. The van der Waals surface area contributed by atoms with E-state index in [0.29, 0.717) is 0 Å². The molecule has 0 atom stereocenters. The Morgan fingerprint density at radius 3 is 1.40 bits per heavy atom. The summed E-state index contributed by atoms with van der Waals surface area (Å²) in [5.74, 6) is 0. The Morgan fingerprint density at radius 2 is 1.10 bits per heavy atom. The molecule has 0 saturated carbocycles. The molecule has 56 valence electrons. The minimum atomic E-state index is 1.11. The highest BCUT2D eigenvalue weighted by Gasteiger charge is 1.62. The van der Waals surface area contributed by atoms with Gasteiger partial charge in [0.2, 0.25) is 0 Å². The molecule has 0 amide bonds. The lowest BCUT2D eigenvalue weighted by atomic mass is 10.3. The standard InChI is InChI=1S/C10H16/c1-3-5-7-9-10-8-6-4-2/h5-10H,3-4H2,1-2H3/b7-5+,8-6+,10-9-. The summed E-state index contributed by atoms with van der Waals surface area (Å²) in [6.45, 7) is 4.26. The van der Waals surface area contributed by atoms with Crippen LogP contribution in [0.3, 0.4) is 0 Å². The smallest absolute Gasteiger partial charge is 0.0376 e. The van der Waals surface area contributed by atoms with Gasteiger partial charge in [0.05, 0.1) is 0 Å². The minimum Gasteiger partial charge on any atom is -0.0848 e. The third kappa shape index (κ3) is 7.22. The lowest BCUT2D eigenvalue weighted by molar-refractivity contribution is 1.22. The Balaban J connectivity index is 3.37. The molecule has 0 heteroatoms. The molecule has 0 unspecified atom stereocenters. The summed E-state index contributed by atoms with van der Waals surface area (Å²) in [5.41, 5.74) is 0. The second-order valence-corrected chi connectivity index (χ2v) is 2.06. The quantitative estimate of drug-likeness (QED) is 0.519. The molecule has 0 radical (unpaired) electrons. The summed E-state index contributed by atoms with van der Waals surface area (Å²) in [6.07, 6.45) is 14.7. The van der Waals surface area contributed by atoms with Crippen LogP contribution in [0.1, 0.15) is 26.7 Å². The van der Waals surface area contributed by atoms with E-state index >= 15 is 0 Å². The first-order valence-electron chi connectivity index (χ1n) is 3.90. The second-order valence-electron chi connectivity index (χ2n) is 2.06. The largest absolute Gasteiger partial charge is 0.0848 e. The SMILES string of the molecule is CC/C=C/C=C\C=C\CC. The third-order valence-electron chi connectivity index (χ3n) is 1.08. The molecule has 0 aliphatic carbocycles. The summed E-state index contributed by atoms with van der Waals surface area (Å²) in [7, 11) is 0. The molecule has 0 aliphatic rings. The molecule has 0 fully saturated rings. The van der Waals surface area contributed by atoms with Crippen molar-refractivity contribution in [3.05, 3.63) is 36.5 Å². The first kappa shape index (κ1) is 9.22. The van der Waals surface area contributed by atoms with E-state index in [2.05, 4.69) is 50.3 Å². The van der Waals surface area contributed by atoms with Crippen LogP contribution in [0, 0.1) is 0 Å². The van der Waals surface area contributed by atoms with Crippen LogP contribution >= 0.6 is 0 Å². The fourth-order valence-corrected chi connectivity index (χ4v) is 0.558. The van der Waals surface area contributed by atoms with Crippen LogP contribution in [0.25, 0.3) is 0 Å². The molecule has 0 aromatic carbocycles. The third-order valence-corrected chi connectivity index (χ3v) is 1.08. The number of hydrogen-bond acceptors (Lipinski definition) is 0. The van der Waals surface area contributed by atoms with Gasteiger partial charge in [0.1, 0.15) is 0 Å². The van der Waals surface area contributed by atoms with E-state index in [1.807, 2.05) is 0 Å². The van der Waals surface area contributed by atoms with Gasteiger partial charge < -0.3 is 0 Å². The summed E-state index contributed by atoms with van der Waals surface area (Å²) >= 11 is 0. The highest BCUT2D eigenvalue weighted by Crippen LogP contribution is 1.84. The Labute approximate surface area is 64.0 Å². The van der Waals surface area contributed by atoms with Gasteiger partial charge in [0.15, 0.2) is 0 Å². The molecule has 0 nitrogen and oxygen atoms in total. The lowest BCUT2D eigenvalue weighted by Gasteiger charge is -1.74. The zero-order valence-corrected chi connectivity index (χ0v) is 6.88. The summed E-state index contributed by atoms with van der Waals surface area (Å²) in [6, 6.07) is 0. The Kier molecular flexibility index (Phi) is 7.58. The highest BCUT2D eigenvalue weighted by atomic mass is 13.7. The van der Waals surface area contributed by atoms with Gasteiger partial charge in [-0.05, 0) is 12.8 Å². The van der Waals surface area contributed by atoms with Crippen molar-refractivity contribution in [2.75, 3.05) is 0 Å². The maximum atomic E-state index is 2.14. The first-order valence-corrected chi connectivity index (χ1v) is 3.90. The van der Waals surface area contributed by atoms with Crippen molar-refractivity contribution >= 4 is 0 Å². The topological polar surface area (TPSA) is 0 Å². The van der Waals surface area contributed by atoms with E-state index in [1.54, 1.807) is 0 Å². The van der Waals surface area contributed by atoms with Crippen LogP contribution in [0.4, 0.5) is 0 Å². The van der Waals surface area contributed by atoms with Gasteiger partial charge in [-0.3, -0.25) is 0 Å². The van der Waals surface area contributed by atoms with Crippen LogP contribution in [-0.4, -0.2) is 0 Å². The van der Waals surface area contributed by atoms with Gasteiger partial charge in [-0.15, -0.1) is 0 Å². The van der Waals surface area contributed by atoms with Gasteiger partial charge in [-0.25, -0.2) is 0 Å². The van der Waals surface area contributed by atoms with Gasteiger partial charge in [-0.1, -0.05) is 50.3 Å². The molecule has 0 rings (SSSR count). The van der Waals surface area contributed by atoms with Crippen molar-refractivity contribution in [3.8, 4) is 0 Å². The molecule has 10 heavy (non-hydrogen) atoms. The monoisotopic (exact) mass is 136 g/mol. The van der Waals surface area contributed by atoms with Gasteiger partial charge in [0, 0.05) is 0 Å². The molecular weight excluding hydrogens is 120 g/mol. The molecule has 0 N–H and O–H groups in total. The van der Waals surface area contributed by atoms with Crippen molar-refractivity contribution in [2.24, 2.45) is 0 Å². The van der Waals surface area contributed by atoms with Crippen LogP contribution in [0.5, 0.6) is 0 Å². The predicted molar refractivity (Wildman–Crippen MR) is 48.0 cm³/mol. The van der Waals surface area contributed by atoms with Gasteiger partial charge in [0.25, 0.3) is 0 Å². The average Bonchev–Trinajstić information content (AvgIpc) is 1.97. The molecule has 0 aromatic rings. The van der Waals surface area contributed by atoms with Crippen LogP contribution in [0.15, 0.2) is 36.5 Å². The normalized spacial score (nSPS) is 12.6. The maximum absolute atomic E-state index is 2.14. The van der Waals surface area contributed by atoms with Crippen molar-refractivity contribution in [3.63, 3.8) is 0 Å². The number of allylic oxidation sites excluding steroid dienone is 6. The zero-order chi connectivity index (χ0) is 7.66. The molecular formula is C10H16. The maximum Gasteiger partial charge on any atom is -0.0376 e. The van der Waals surface area contributed by atoms with Crippen molar-refractivity contribution < 1.29 is 0 Å². The van der Waals surface area contributed by atoms with E-state index in [9.17, 15) is 0 Å². The van der Waals surface area contributed by atoms with Crippen LogP contribution < -0.4 is 0 Å². The number of hydrogen-bond donors (Lipinski definition) is 0. The van der Waals surface area contributed by atoms with Crippen molar-refractivity contribution in [1.82, 2.24) is 0 Å². The first-order chi connectivity index (χ1) is 4.91. The average molecular weight is 136 g/mol. The molecule has 0 aromatic heterocycles. The minimum absolute atomic E-state index is 1.11. The summed E-state index contributed by atoms with van der Waals surface area (Å²) in [5, 5.41) is 0. The fourth-order valence-electron chi connectivity index (χ4n) is 0.558. The van der Waals surface area contributed by atoms with Crippen LogP contribution in [0.2, 0.25) is 0 Å². The number of rotatable bonds is 4. The summed E-state index contributed by atoms with van der Waals surface area (Å²) < 4.78 is 0. The van der Waals surface area contributed by atoms with Crippen LogP contribution in [-0.2, 0) is 0 Å². The van der Waals surface area contributed by atoms with Crippen molar-refractivity contribution in [1.29, 1.82) is 0 Å². The van der Waals surface area contributed by atoms with Gasteiger partial charge in [-0.2, -0.15) is 0 Å². The highest BCUT2D eigenvalue weighted by molar-refractivity contribution is 5.10. The molecule has 0 aliphatic heterocycles. The van der Waals surface area contributed by atoms with E-state index < -0.39 is 0 Å². The fraction of sp³-hybridized carbons (Fsp3) is 0.400. The zero-order valence-electron chi connectivity index (χ0n) is 6.88. The van der Waals surface area contributed by atoms with E-state index in [4.69, 9.17) is 0 Å². The molecule has 0 bridgehead atoms. The summed E-state index contributed by atoms with van der Waals surface area (Å²) in [4.78, 5) is 0.